The molecule has 20 heavy (non-hydrogen) atoms. The Morgan fingerprint density at radius 3 is 2.95 bits per heavy atom. The zero-order valence-corrected chi connectivity index (χ0v) is 12.4. The van der Waals surface area contributed by atoms with Gasteiger partial charge in [0.1, 0.15) is 5.82 Å². The molecule has 0 spiro atoms. The number of rotatable bonds is 5. The van der Waals surface area contributed by atoms with Crippen LogP contribution in [0.15, 0.2) is 18.2 Å². The van der Waals surface area contributed by atoms with E-state index in [-0.39, 0.29) is 11.9 Å². The molecule has 1 aliphatic rings. The van der Waals surface area contributed by atoms with Crippen molar-refractivity contribution in [1.29, 1.82) is 0 Å². The molecular weight excluding hydrogens is 255 g/mol. The minimum absolute atomic E-state index is 0.102. The van der Waals surface area contributed by atoms with Crippen molar-refractivity contribution in [2.75, 3.05) is 33.4 Å². The summed E-state index contributed by atoms with van der Waals surface area (Å²) in [6.07, 6.45) is 2.35. The standard InChI is InChI=1S/C16H25FN2O/c1-12-5-6-14(8-15(12)17)16(9-18)19-7-3-4-13(10-19)11-20-2/h5-6,8,13,16H,3-4,7,9-11,18H2,1-2H3. The van der Waals surface area contributed by atoms with Gasteiger partial charge in [0, 0.05) is 26.2 Å². The Morgan fingerprint density at radius 1 is 1.50 bits per heavy atom. The molecule has 0 saturated carbocycles. The lowest BCUT2D eigenvalue weighted by Crippen LogP contribution is -2.42. The van der Waals surface area contributed by atoms with Crippen LogP contribution in [0.3, 0.4) is 0 Å². The summed E-state index contributed by atoms with van der Waals surface area (Å²) in [4.78, 5) is 2.37. The fraction of sp³-hybridized carbons (Fsp3) is 0.625. The molecule has 2 rings (SSSR count). The summed E-state index contributed by atoms with van der Waals surface area (Å²) in [6, 6.07) is 5.57. The third-order valence-electron chi connectivity index (χ3n) is 4.20. The average Bonchev–Trinajstić information content (AvgIpc) is 2.44. The molecule has 2 N–H and O–H groups in total. The smallest absolute Gasteiger partial charge is 0.126 e. The number of methoxy groups -OCH3 is 1. The molecule has 0 amide bonds. The van der Waals surface area contributed by atoms with Crippen molar-refractivity contribution >= 4 is 0 Å². The summed E-state index contributed by atoms with van der Waals surface area (Å²) in [5.74, 6) is 0.407. The largest absolute Gasteiger partial charge is 0.384 e. The number of aryl methyl sites for hydroxylation is 1. The van der Waals surface area contributed by atoms with Crippen molar-refractivity contribution < 1.29 is 9.13 Å². The highest BCUT2D eigenvalue weighted by Crippen LogP contribution is 2.27. The number of likely N-dealkylation sites (tertiary alicyclic amines) is 1. The molecule has 4 heteroatoms. The van der Waals surface area contributed by atoms with Gasteiger partial charge in [0.2, 0.25) is 0 Å². The van der Waals surface area contributed by atoms with Crippen LogP contribution in [0.25, 0.3) is 0 Å². The van der Waals surface area contributed by atoms with E-state index < -0.39 is 0 Å². The lowest BCUT2D eigenvalue weighted by molar-refractivity contribution is 0.0696. The van der Waals surface area contributed by atoms with Gasteiger partial charge in [-0.1, -0.05) is 12.1 Å². The predicted octanol–water partition coefficient (Wildman–Crippen LogP) is 2.49. The van der Waals surface area contributed by atoms with Crippen LogP contribution in [0.2, 0.25) is 0 Å². The summed E-state index contributed by atoms with van der Waals surface area (Å²) >= 11 is 0. The molecule has 3 nitrogen and oxygen atoms in total. The third-order valence-corrected chi connectivity index (χ3v) is 4.20. The number of hydrogen-bond donors (Lipinski definition) is 1. The number of hydrogen-bond acceptors (Lipinski definition) is 3. The van der Waals surface area contributed by atoms with Crippen LogP contribution < -0.4 is 5.73 Å². The van der Waals surface area contributed by atoms with E-state index in [0.717, 1.165) is 31.7 Å². The maximum atomic E-state index is 13.8. The topological polar surface area (TPSA) is 38.5 Å². The number of halogens is 1. The van der Waals surface area contributed by atoms with Gasteiger partial charge in [0.15, 0.2) is 0 Å². The Bertz CT molecular complexity index is 436. The Kier molecular flexibility index (Phi) is 5.52. The third kappa shape index (κ3) is 3.57. The Morgan fingerprint density at radius 2 is 2.30 bits per heavy atom. The highest BCUT2D eigenvalue weighted by Gasteiger charge is 2.26. The number of nitrogens with zero attached hydrogens (tertiary/aromatic N) is 1. The molecule has 112 valence electrons. The Balaban J connectivity index is 2.12. The minimum Gasteiger partial charge on any atom is -0.384 e. The molecule has 0 radical (unpaired) electrons. The van der Waals surface area contributed by atoms with Crippen LogP contribution in [0.1, 0.15) is 30.0 Å². The van der Waals surface area contributed by atoms with Crippen molar-refractivity contribution in [3.05, 3.63) is 35.1 Å². The second-order valence-corrected chi connectivity index (χ2v) is 5.72. The van der Waals surface area contributed by atoms with Crippen LogP contribution in [-0.2, 0) is 4.74 Å². The summed E-state index contributed by atoms with van der Waals surface area (Å²) in [6.45, 7) is 5.09. The molecule has 0 bridgehead atoms. The SMILES string of the molecule is COCC1CCCN(C(CN)c2ccc(C)c(F)c2)C1. The molecule has 2 unspecified atom stereocenters. The van der Waals surface area contributed by atoms with Crippen molar-refractivity contribution in [3.8, 4) is 0 Å². The van der Waals surface area contributed by atoms with Crippen LogP contribution in [0.5, 0.6) is 0 Å². The summed E-state index contributed by atoms with van der Waals surface area (Å²) < 4.78 is 19.0. The van der Waals surface area contributed by atoms with Crippen molar-refractivity contribution in [1.82, 2.24) is 4.90 Å². The lowest BCUT2D eigenvalue weighted by atomic mass is 9.95. The van der Waals surface area contributed by atoms with Gasteiger partial charge in [0.05, 0.1) is 6.61 Å². The first-order valence-corrected chi connectivity index (χ1v) is 7.34. The predicted molar refractivity (Wildman–Crippen MR) is 79.1 cm³/mol. The number of piperidine rings is 1. The zero-order valence-electron chi connectivity index (χ0n) is 12.4. The molecule has 1 aliphatic heterocycles. The van der Waals surface area contributed by atoms with Crippen LogP contribution in [0, 0.1) is 18.7 Å². The quantitative estimate of drug-likeness (QED) is 0.900. The first kappa shape index (κ1) is 15.4. The van der Waals surface area contributed by atoms with E-state index in [0.29, 0.717) is 18.0 Å². The molecule has 1 aromatic rings. The summed E-state index contributed by atoms with van der Waals surface area (Å²) in [5, 5.41) is 0. The molecule has 1 fully saturated rings. The van der Waals surface area contributed by atoms with E-state index in [1.165, 1.54) is 6.42 Å². The Hall–Kier alpha value is -0.970. The zero-order chi connectivity index (χ0) is 14.5. The Labute approximate surface area is 120 Å². The molecule has 0 aromatic heterocycles. The van der Waals surface area contributed by atoms with E-state index in [1.54, 1.807) is 20.1 Å². The number of benzene rings is 1. The van der Waals surface area contributed by atoms with Crippen molar-refractivity contribution in [2.24, 2.45) is 11.7 Å². The van der Waals surface area contributed by atoms with Gasteiger partial charge in [-0.15, -0.1) is 0 Å². The average molecular weight is 280 g/mol. The second kappa shape index (κ2) is 7.16. The molecular formula is C16H25FN2O. The van der Waals surface area contributed by atoms with Gasteiger partial charge in [-0.3, -0.25) is 4.90 Å². The number of ether oxygens (including phenoxy) is 1. The molecule has 1 heterocycles. The fourth-order valence-corrected chi connectivity index (χ4v) is 3.06. The van der Waals surface area contributed by atoms with E-state index in [4.69, 9.17) is 10.5 Å². The molecule has 2 atom stereocenters. The van der Waals surface area contributed by atoms with Crippen LogP contribution in [0.4, 0.5) is 4.39 Å². The maximum absolute atomic E-state index is 13.8. The van der Waals surface area contributed by atoms with Gasteiger partial charge in [-0.25, -0.2) is 4.39 Å². The maximum Gasteiger partial charge on any atom is 0.126 e. The van der Waals surface area contributed by atoms with Gasteiger partial charge < -0.3 is 10.5 Å². The highest BCUT2D eigenvalue weighted by atomic mass is 19.1. The van der Waals surface area contributed by atoms with E-state index >= 15 is 0 Å². The fourth-order valence-electron chi connectivity index (χ4n) is 3.06. The van der Waals surface area contributed by atoms with Gasteiger partial charge in [-0.2, -0.15) is 0 Å². The van der Waals surface area contributed by atoms with Crippen LogP contribution in [-0.4, -0.2) is 38.3 Å². The number of nitrogens with two attached hydrogens (primary N) is 1. The molecule has 1 aromatic carbocycles. The lowest BCUT2D eigenvalue weighted by Gasteiger charge is -2.38. The minimum atomic E-state index is -0.147. The van der Waals surface area contributed by atoms with Gasteiger partial charge in [0.25, 0.3) is 0 Å². The second-order valence-electron chi connectivity index (χ2n) is 5.72. The normalized spacial score (nSPS) is 21.9. The first-order valence-electron chi connectivity index (χ1n) is 7.34. The monoisotopic (exact) mass is 280 g/mol. The van der Waals surface area contributed by atoms with E-state index in [1.807, 2.05) is 12.1 Å². The first-order chi connectivity index (χ1) is 9.65. The van der Waals surface area contributed by atoms with Crippen molar-refractivity contribution in [3.63, 3.8) is 0 Å². The summed E-state index contributed by atoms with van der Waals surface area (Å²) in [5.41, 5.74) is 7.61. The van der Waals surface area contributed by atoms with E-state index in [9.17, 15) is 4.39 Å². The van der Waals surface area contributed by atoms with Crippen LogP contribution >= 0.6 is 0 Å². The summed E-state index contributed by atoms with van der Waals surface area (Å²) in [7, 11) is 1.74. The van der Waals surface area contributed by atoms with Crippen molar-refractivity contribution in [2.45, 2.75) is 25.8 Å². The molecule has 1 saturated heterocycles. The highest BCUT2D eigenvalue weighted by molar-refractivity contribution is 5.26. The van der Waals surface area contributed by atoms with E-state index in [2.05, 4.69) is 4.90 Å². The van der Waals surface area contributed by atoms with Gasteiger partial charge in [-0.05, 0) is 49.4 Å². The van der Waals surface area contributed by atoms with Gasteiger partial charge >= 0.3 is 0 Å². The molecule has 0 aliphatic carbocycles.